The molecule has 0 aliphatic heterocycles. The van der Waals surface area contributed by atoms with Crippen molar-refractivity contribution >= 4 is 23.5 Å². The molecule has 0 fully saturated rings. The maximum atomic E-state index is 12.1. The summed E-state index contributed by atoms with van der Waals surface area (Å²) in [7, 11) is 0. The quantitative estimate of drug-likeness (QED) is 0.159. The first-order chi connectivity index (χ1) is 16.9. The summed E-state index contributed by atoms with van der Waals surface area (Å²) in [4.78, 5) is 38.3. The van der Waals surface area contributed by atoms with Crippen LogP contribution in [-0.4, -0.2) is 34.6 Å². The van der Waals surface area contributed by atoms with Gasteiger partial charge in [-0.2, -0.15) is 0 Å². The van der Waals surface area contributed by atoms with Crippen molar-refractivity contribution in [1.82, 2.24) is 4.98 Å². The molecule has 2 atom stereocenters. The minimum atomic E-state index is -1.03. The van der Waals surface area contributed by atoms with Gasteiger partial charge in [-0.25, -0.2) is 4.79 Å². The standard InChI is InChI=1S/C29H39NO6/c1-19(2)8-7-13-29(6)14-11-22(18-36-26(33)10-9-25(31)32)28-23(17-21(5)30-28)24(29)12-15-35-27(34)16-20(3)4/h8,11-12,15-17,24,30H,7,9-10,13-14,18H2,1-6H3,(H,31,32)/b15-12+/t24-,29-/m0/s1. The zero-order valence-electron chi connectivity index (χ0n) is 22.3. The maximum Gasteiger partial charge on any atom is 0.335 e. The molecule has 2 rings (SSSR count). The van der Waals surface area contributed by atoms with Gasteiger partial charge < -0.3 is 19.6 Å². The summed E-state index contributed by atoms with van der Waals surface area (Å²) in [5.41, 5.74) is 5.69. The Morgan fingerprint density at radius 3 is 2.53 bits per heavy atom. The number of carbonyl (C=O) groups is 3. The van der Waals surface area contributed by atoms with Crippen molar-refractivity contribution in [2.24, 2.45) is 5.41 Å². The first kappa shape index (κ1) is 28.9. The van der Waals surface area contributed by atoms with Crippen LogP contribution >= 0.6 is 0 Å². The van der Waals surface area contributed by atoms with E-state index in [4.69, 9.17) is 14.6 Å². The highest BCUT2D eigenvalue weighted by atomic mass is 16.5. The highest BCUT2D eigenvalue weighted by molar-refractivity contribution is 5.83. The summed E-state index contributed by atoms with van der Waals surface area (Å²) >= 11 is 0. The number of H-pyrrole nitrogens is 1. The fraction of sp³-hybridized carbons (Fsp3) is 0.483. The number of aromatic nitrogens is 1. The number of hydrogen-bond donors (Lipinski definition) is 2. The number of rotatable bonds is 11. The predicted octanol–water partition coefficient (Wildman–Crippen LogP) is 6.38. The molecule has 0 spiro atoms. The van der Waals surface area contributed by atoms with Crippen LogP contribution < -0.4 is 0 Å². The van der Waals surface area contributed by atoms with Crippen LogP contribution in [0.2, 0.25) is 0 Å². The molecule has 36 heavy (non-hydrogen) atoms. The topological polar surface area (TPSA) is 106 Å². The van der Waals surface area contributed by atoms with E-state index >= 15 is 0 Å². The van der Waals surface area contributed by atoms with Crippen molar-refractivity contribution in [2.75, 3.05) is 6.61 Å². The van der Waals surface area contributed by atoms with Gasteiger partial charge in [-0.3, -0.25) is 9.59 Å². The van der Waals surface area contributed by atoms with Crippen molar-refractivity contribution in [3.63, 3.8) is 0 Å². The minimum absolute atomic E-state index is 0.0565. The van der Waals surface area contributed by atoms with Gasteiger partial charge in [-0.1, -0.05) is 30.2 Å². The number of ether oxygens (including phenoxy) is 2. The second kappa shape index (κ2) is 13.1. The molecule has 1 aliphatic rings. The summed E-state index contributed by atoms with van der Waals surface area (Å²) in [6.45, 7) is 12.1. The summed E-state index contributed by atoms with van der Waals surface area (Å²) in [6, 6.07) is 2.09. The van der Waals surface area contributed by atoms with E-state index in [0.29, 0.717) is 0 Å². The van der Waals surface area contributed by atoms with E-state index in [2.05, 4.69) is 44.0 Å². The zero-order valence-corrected chi connectivity index (χ0v) is 22.3. The lowest BCUT2D eigenvalue weighted by atomic mass is 9.69. The summed E-state index contributed by atoms with van der Waals surface area (Å²) in [5, 5.41) is 8.82. The summed E-state index contributed by atoms with van der Waals surface area (Å²) in [5.74, 6) is -2.04. The van der Waals surface area contributed by atoms with Crippen molar-refractivity contribution < 1.29 is 29.0 Å². The van der Waals surface area contributed by atoms with Crippen LogP contribution in [0.1, 0.15) is 89.6 Å². The van der Waals surface area contributed by atoms with Gasteiger partial charge >= 0.3 is 17.9 Å². The molecule has 0 unspecified atom stereocenters. The first-order valence-electron chi connectivity index (χ1n) is 12.3. The van der Waals surface area contributed by atoms with Crippen molar-refractivity contribution in [3.8, 4) is 0 Å². The molecule has 1 aliphatic carbocycles. The van der Waals surface area contributed by atoms with E-state index in [1.807, 2.05) is 26.8 Å². The molecule has 2 N–H and O–H groups in total. The molecular weight excluding hydrogens is 458 g/mol. The van der Waals surface area contributed by atoms with Crippen molar-refractivity contribution in [2.45, 2.75) is 79.6 Å². The van der Waals surface area contributed by atoms with E-state index in [-0.39, 0.29) is 30.8 Å². The fourth-order valence-corrected chi connectivity index (χ4v) is 4.39. The lowest BCUT2D eigenvalue weighted by Gasteiger charge is -2.34. The Labute approximate surface area is 214 Å². The Balaban J connectivity index is 2.38. The van der Waals surface area contributed by atoms with Crippen LogP contribution in [0.15, 0.2) is 47.8 Å². The molecule has 1 heterocycles. The highest BCUT2D eigenvalue weighted by Crippen LogP contribution is 2.49. The van der Waals surface area contributed by atoms with Gasteiger partial charge in [0.15, 0.2) is 0 Å². The number of fused-ring (bicyclic) bond motifs is 1. The van der Waals surface area contributed by atoms with Crippen LogP contribution in [0.4, 0.5) is 0 Å². The molecular formula is C29H39NO6. The smallest absolute Gasteiger partial charge is 0.335 e. The number of carbonyl (C=O) groups excluding carboxylic acids is 2. The molecule has 7 nitrogen and oxygen atoms in total. The molecule has 0 saturated carbocycles. The third-order valence-electron chi connectivity index (χ3n) is 6.27. The van der Waals surface area contributed by atoms with Crippen LogP contribution in [-0.2, 0) is 23.9 Å². The van der Waals surface area contributed by atoms with Crippen LogP contribution in [0.5, 0.6) is 0 Å². The molecule has 7 heteroatoms. The third kappa shape index (κ3) is 8.70. The van der Waals surface area contributed by atoms with E-state index < -0.39 is 17.9 Å². The van der Waals surface area contributed by atoms with Gasteiger partial charge in [0.05, 0.1) is 19.1 Å². The van der Waals surface area contributed by atoms with Gasteiger partial charge in [0.25, 0.3) is 0 Å². The Hall–Kier alpha value is -3.35. The second-order valence-electron chi connectivity index (χ2n) is 10.2. The number of aliphatic carboxylic acids is 1. The van der Waals surface area contributed by atoms with Crippen molar-refractivity contribution in [3.05, 3.63) is 64.7 Å². The second-order valence-corrected chi connectivity index (χ2v) is 10.2. The van der Waals surface area contributed by atoms with E-state index in [1.54, 1.807) is 0 Å². The lowest BCUT2D eigenvalue weighted by Crippen LogP contribution is -2.23. The third-order valence-corrected chi connectivity index (χ3v) is 6.27. The molecule has 1 aromatic rings. The maximum absolute atomic E-state index is 12.1. The number of aryl methyl sites for hydroxylation is 1. The number of hydrogen-bond acceptors (Lipinski definition) is 5. The molecule has 1 aromatic heterocycles. The van der Waals surface area contributed by atoms with Gasteiger partial charge in [0, 0.05) is 29.0 Å². The molecule has 0 bridgehead atoms. The SMILES string of the molecule is CC(C)=CCC[C@@]1(C)CC=C(COC(=O)CCC(=O)O)c2[nH]c(C)cc2[C@@H]1/C=C/OC(=O)C=C(C)C. The minimum Gasteiger partial charge on any atom is -0.481 e. The summed E-state index contributed by atoms with van der Waals surface area (Å²) in [6.07, 6.45) is 11.3. The van der Waals surface area contributed by atoms with Crippen LogP contribution in [0, 0.1) is 12.3 Å². The Morgan fingerprint density at radius 2 is 1.89 bits per heavy atom. The Morgan fingerprint density at radius 1 is 1.17 bits per heavy atom. The zero-order chi connectivity index (χ0) is 26.9. The number of nitrogens with one attached hydrogen (secondary N) is 1. The number of carboxylic acid groups (broad SMARTS) is 1. The predicted molar refractivity (Wildman–Crippen MR) is 140 cm³/mol. The molecule has 0 amide bonds. The van der Waals surface area contributed by atoms with Gasteiger partial charge in [0.1, 0.15) is 6.61 Å². The fourth-order valence-electron chi connectivity index (χ4n) is 4.39. The number of aromatic amines is 1. The molecule has 0 saturated heterocycles. The normalized spacial score (nSPS) is 19.1. The first-order valence-corrected chi connectivity index (χ1v) is 12.3. The van der Waals surface area contributed by atoms with Crippen LogP contribution in [0.3, 0.4) is 0 Å². The molecule has 196 valence electrons. The number of carboxylic acids is 1. The lowest BCUT2D eigenvalue weighted by molar-refractivity contribution is -0.146. The van der Waals surface area contributed by atoms with Gasteiger partial charge in [0.2, 0.25) is 0 Å². The highest BCUT2D eigenvalue weighted by Gasteiger charge is 2.37. The van der Waals surface area contributed by atoms with E-state index in [0.717, 1.165) is 47.4 Å². The van der Waals surface area contributed by atoms with Gasteiger partial charge in [-0.15, -0.1) is 0 Å². The van der Waals surface area contributed by atoms with E-state index in [1.165, 1.54) is 17.9 Å². The monoisotopic (exact) mass is 497 g/mol. The van der Waals surface area contributed by atoms with Crippen LogP contribution in [0.25, 0.3) is 5.57 Å². The Bertz CT molecular complexity index is 1080. The average molecular weight is 498 g/mol. The Kier molecular flexibility index (Phi) is 10.5. The summed E-state index contributed by atoms with van der Waals surface area (Å²) < 4.78 is 10.8. The van der Waals surface area contributed by atoms with E-state index in [9.17, 15) is 14.4 Å². The largest absolute Gasteiger partial charge is 0.481 e. The van der Waals surface area contributed by atoms with Crippen molar-refractivity contribution in [1.29, 1.82) is 0 Å². The number of allylic oxidation sites excluding steroid dienone is 5. The number of esters is 2. The van der Waals surface area contributed by atoms with Gasteiger partial charge in [-0.05, 0) is 77.0 Å². The molecule has 0 aromatic carbocycles. The average Bonchev–Trinajstić information content (AvgIpc) is 3.10. The molecule has 0 radical (unpaired) electrons.